The van der Waals surface area contributed by atoms with E-state index in [-0.39, 0.29) is 31.4 Å². The van der Waals surface area contributed by atoms with E-state index >= 15 is 0 Å². The third-order valence-electron chi connectivity index (χ3n) is 4.57. The Morgan fingerprint density at radius 2 is 2.21 bits per heavy atom. The summed E-state index contributed by atoms with van der Waals surface area (Å²) in [6.45, 7) is 3.28. The van der Waals surface area contributed by atoms with Crippen molar-refractivity contribution in [2.45, 2.75) is 32.2 Å². The summed E-state index contributed by atoms with van der Waals surface area (Å²) in [5.74, 6) is -0.963. The molecule has 3 rings (SSSR count). The molecule has 0 saturated carbocycles. The molecule has 2 heterocycles. The fraction of sp³-hybridized carbons (Fsp3) is 0.444. The van der Waals surface area contributed by atoms with Gasteiger partial charge in [0, 0.05) is 23.6 Å². The number of aromatic nitrogens is 1. The fourth-order valence-corrected chi connectivity index (χ4v) is 3.33. The molecule has 1 saturated heterocycles. The van der Waals surface area contributed by atoms with E-state index in [1.54, 1.807) is 4.90 Å². The molecule has 1 aliphatic heterocycles. The zero-order chi connectivity index (χ0) is 17.1. The number of hydrogen-bond acceptors (Lipinski definition) is 3. The normalized spacial score (nSPS) is 18.0. The van der Waals surface area contributed by atoms with Gasteiger partial charge in [0.1, 0.15) is 0 Å². The summed E-state index contributed by atoms with van der Waals surface area (Å²) in [5, 5.41) is 10.1. The molecule has 24 heavy (non-hydrogen) atoms. The van der Waals surface area contributed by atoms with E-state index in [0.717, 1.165) is 22.9 Å². The topological polar surface area (TPSA) is 82.6 Å². The van der Waals surface area contributed by atoms with Crippen LogP contribution >= 0.6 is 0 Å². The number of carboxylic acid groups (broad SMARTS) is 1. The second-order valence-electron chi connectivity index (χ2n) is 6.10. The van der Waals surface area contributed by atoms with Crippen LogP contribution in [0.1, 0.15) is 24.5 Å². The molecule has 0 radical (unpaired) electrons. The van der Waals surface area contributed by atoms with Crippen molar-refractivity contribution >= 4 is 22.8 Å². The SMILES string of the molecule is CCc1cccc2c(CC(=O)N3CCOCC3CC(=O)O)c[nH]c12. The number of aliphatic carboxylic acids is 1. The largest absolute Gasteiger partial charge is 0.481 e. The number of hydrogen-bond donors (Lipinski definition) is 2. The van der Waals surface area contributed by atoms with E-state index < -0.39 is 5.97 Å². The number of H-pyrrole nitrogens is 1. The van der Waals surface area contributed by atoms with Gasteiger partial charge in [-0.25, -0.2) is 0 Å². The van der Waals surface area contributed by atoms with Crippen molar-refractivity contribution in [2.24, 2.45) is 0 Å². The minimum Gasteiger partial charge on any atom is -0.481 e. The molecule has 1 fully saturated rings. The number of carboxylic acids is 1. The minimum atomic E-state index is -0.914. The number of carbonyl (C=O) groups excluding carboxylic acids is 1. The Labute approximate surface area is 140 Å². The van der Waals surface area contributed by atoms with Gasteiger partial charge in [-0.05, 0) is 17.5 Å². The molecule has 2 N–H and O–H groups in total. The smallest absolute Gasteiger partial charge is 0.305 e. The van der Waals surface area contributed by atoms with Gasteiger partial charge in [-0.2, -0.15) is 0 Å². The molecule has 128 valence electrons. The van der Waals surface area contributed by atoms with Crippen LogP contribution in [0, 0.1) is 0 Å². The molecule has 1 atom stereocenters. The maximum absolute atomic E-state index is 12.7. The molecule has 1 unspecified atom stereocenters. The lowest BCUT2D eigenvalue weighted by atomic mass is 10.0. The van der Waals surface area contributed by atoms with Crippen LogP contribution in [-0.2, 0) is 27.2 Å². The molecule has 1 aromatic heterocycles. The third kappa shape index (κ3) is 3.28. The Morgan fingerprint density at radius 1 is 1.38 bits per heavy atom. The van der Waals surface area contributed by atoms with Crippen molar-refractivity contribution in [1.82, 2.24) is 9.88 Å². The molecule has 0 spiro atoms. The summed E-state index contributed by atoms with van der Waals surface area (Å²) in [5.41, 5.74) is 3.25. The number of amides is 1. The summed E-state index contributed by atoms with van der Waals surface area (Å²) >= 11 is 0. The highest BCUT2D eigenvalue weighted by atomic mass is 16.5. The van der Waals surface area contributed by atoms with Crippen LogP contribution in [0.15, 0.2) is 24.4 Å². The first kappa shape index (κ1) is 16.5. The summed E-state index contributed by atoms with van der Waals surface area (Å²) < 4.78 is 5.34. The van der Waals surface area contributed by atoms with Gasteiger partial charge in [0.2, 0.25) is 5.91 Å². The number of aryl methyl sites for hydroxylation is 1. The summed E-state index contributed by atoms with van der Waals surface area (Å²) in [6.07, 6.45) is 2.99. The maximum atomic E-state index is 12.7. The van der Waals surface area contributed by atoms with Crippen LogP contribution in [0.25, 0.3) is 10.9 Å². The van der Waals surface area contributed by atoms with E-state index in [2.05, 4.69) is 18.0 Å². The number of carbonyl (C=O) groups is 2. The Kier molecular flexibility index (Phi) is 4.85. The van der Waals surface area contributed by atoms with E-state index in [9.17, 15) is 9.59 Å². The molecular weight excluding hydrogens is 308 g/mol. The standard InChI is InChI=1S/C18H22N2O4/c1-2-12-4-3-5-15-13(10-19-18(12)15)8-16(21)20-6-7-24-11-14(20)9-17(22)23/h3-5,10,14,19H,2,6-9,11H2,1H3,(H,22,23). The molecule has 1 aliphatic rings. The highest BCUT2D eigenvalue weighted by Crippen LogP contribution is 2.23. The van der Waals surface area contributed by atoms with Gasteiger partial charge < -0.3 is 19.7 Å². The Bertz CT molecular complexity index is 753. The minimum absolute atomic E-state index is 0.0487. The van der Waals surface area contributed by atoms with Gasteiger partial charge in [0.05, 0.1) is 32.1 Å². The lowest BCUT2D eigenvalue weighted by Gasteiger charge is -2.34. The van der Waals surface area contributed by atoms with Crippen LogP contribution in [0.3, 0.4) is 0 Å². The molecule has 0 aliphatic carbocycles. The Morgan fingerprint density at radius 3 is 2.96 bits per heavy atom. The van der Waals surface area contributed by atoms with Gasteiger partial charge in [-0.15, -0.1) is 0 Å². The Hall–Kier alpha value is -2.34. The lowest BCUT2D eigenvalue weighted by molar-refractivity contribution is -0.145. The Balaban J connectivity index is 1.80. The molecule has 1 amide bonds. The van der Waals surface area contributed by atoms with Gasteiger partial charge in [0.25, 0.3) is 0 Å². The van der Waals surface area contributed by atoms with E-state index in [0.29, 0.717) is 13.2 Å². The van der Waals surface area contributed by atoms with E-state index in [1.165, 1.54) is 5.56 Å². The van der Waals surface area contributed by atoms with Crippen molar-refractivity contribution in [3.05, 3.63) is 35.5 Å². The second kappa shape index (κ2) is 7.05. The van der Waals surface area contributed by atoms with Crippen LogP contribution in [-0.4, -0.2) is 52.7 Å². The van der Waals surface area contributed by atoms with Crippen molar-refractivity contribution in [3.8, 4) is 0 Å². The van der Waals surface area contributed by atoms with Gasteiger partial charge in [0.15, 0.2) is 0 Å². The predicted octanol–water partition coefficient (Wildman–Crippen LogP) is 1.97. The van der Waals surface area contributed by atoms with E-state index in [1.807, 2.05) is 18.3 Å². The number of ether oxygens (including phenoxy) is 1. The first-order chi connectivity index (χ1) is 11.6. The average Bonchev–Trinajstić information content (AvgIpc) is 2.98. The molecule has 6 nitrogen and oxygen atoms in total. The second-order valence-corrected chi connectivity index (χ2v) is 6.10. The van der Waals surface area contributed by atoms with Gasteiger partial charge >= 0.3 is 5.97 Å². The highest BCUT2D eigenvalue weighted by Gasteiger charge is 2.29. The number of para-hydroxylation sites is 1. The molecular formula is C18H22N2O4. The van der Waals surface area contributed by atoms with Crippen LogP contribution in [0.4, 0.5) is 0 Å². The zero-order valence-electron chi connectivity index (χ0n) is 13.7. The van der Waals surface area contributed by atoms with Gasteiger partial charge in [-0.3, -0.25) is 9.59 Å². The number of benzene rings is 1. The summed E-state index contributed by atoms with van der Waals surface area (Å²) in [6, 6.07) is 5.71. The monoisotopic (exact) mass is 330 g/mol. The summed E-state index contributed by atoms with van der Waals surface area (Å²) in [4.78, 5) is 28.6. The first-order valence-corrected chi connectivity index (χ1v) is 8.27. The van der Waals surface area contributed by atoms with Gasteiger partial charge in [-0.1, -0.05) is 25.1 Å². The van der Waals surface area contributed by atoms with Crippen molar-refractivity contribution in [1.29, 1.82) is 0 Å². The van der Waals surface area contributed by atoms with Crippen LogP contribution < -0.4 is 0 Å². The van der Waals surface area contributed by atoms with Crippen LogP contribution in [0.5, 0.6) is 0 Å². The lowest BCUT2D eigenvalue weighted by Crippen LogP contribution is -2.50. The number of rotatable bonds is 5. The third-order valence-corrected chi connectivity index (χ3v) is 4.57. The number of nitrogens with zero attached hydrogens (tertiary/aromatic N) is 1. The maximum Gasteiger partial charge on any atom is 0.305 e. The molecule has 1 aromatic carbocycles. The predicted molar refractivity (Wildman–Crippen MR) is 90.0 cm³/mol. The average molecular weight is 330 g/mol. The van der Waals surface area contributed by atoms with Crippen LogP contribution in [0.2, 0.25) is 0 Å². The number of morpholine rings is 1. The zero-order valence-corrected chi connectivity index (χ0v) is 13.7. The first-order valence-electron chi connectivity index (χ1n) is 8.27. The number of nitrogens with one attached hydrogen (secondary N) is 1. The van der Waals surface area contributed by atoms with Crippen molar-refractivity contribution in [3.63, 3.8) is 0 Å². The van der Waals surface area contributed by atoms with Crippen molar-refractivity contribution < 1.29 is 19.4 Å². The molecule has 0 bridgehead atoms. The number of fused-ring (bicyclic) bond motifs is 1. The summed E-state index contributed by atoms with van der Waals surface area (Å²) in [7, 11) is 0. The quantitative estimate of drug-likeness (QED) is 0.878. The molecule has 6 heteroatoms. The number of aromatic amines is 1. The van der Waals surface area contributed by atoms with E-state index in [4.69, 9.17) is 9.84 Å². The highest BCUT2D eigenvalue weighted by molar-refractivity contribution is 5.90. The fourth-order valence-electron chi connectivity index (χ4n) is 3.33. The molecule has 2 aromatic rings. The van der Waals surface area contributed by atoms with Crippen molar-refractivity contribution in [2.75, 3.05) is 19.8 Å².